The maximum absolute atomic E-state index is 11.1. The van der Waals surface area contributed by atoms with Gasteiger partial charge in [0.1, 0.15) is 0 Å². The number of ether oxygens (including phenoxy) is 1. The standard InChI is InChI=1S/C8H11NO2/c1-3-11-7(10)8(5-9)4-6(8)2/h6H,3-4H2,1-2H3/t6-,8+/m1/s1. The van der Waals surface area contributed by atoms with E-state index in [4.69, 9.17) is 10.00 Å². The Balaban J connectivity index is 2.60. The summed E-state index contributed by atoms with van der Waals surface area (Å²) in [6.07, 6.45) is 0.655. The second-order valence-corrected chi connectivity index (χ2v) is 2.91. The minimum absolute atomic E-state index is 0.173. The van der Waals surface area contributed by atoms with Crippen molar-refractivity contribution in [1.82, 2.24) is 0 Å². The summed E-state index contributed by atoms with van der Waals surface area (Å²) in [5.74, 6) is -0.179. The maximum atomic E-state index is 11.1. The Kier molecular flexibility index (Phi) is 1.86. The van der Waals surface area contributed by atoms with E-state index >= 15 is 0 Å². The van der Waals surface area contributed by atoms with E-state index in [0.717, 1.165) is 0 Å². The van der Waals surface area contributed by atoms with Crippen LogP contribution in [0.4, 0.5) is 0 Å². The van der Waals surface area contributed by atoms with Crippen LogP contribution in [0.2, 0.25) is 0 Å². The van der Waals surface area contributed by atoms with Gasteiger partial charge in [0, 0.05) is 0 Å². The van der Waals surface area contributed by atoms with Crippen molar-refractivity contribution >= 4 is 5.97 Å². The lowest BCUT2D eigenvalue weighted by Gasteiger charge is -2.04. The highest BCUT2D eigenvalue weighted by Crippen LogP contribution is 2.52. The van der Waals surface area contributed by atoms with E-state index in [2.05, 4.69) is 0 Å². The predicted molar refractivity (Wildman–Crippen MR) is 38.5 cm³/mol. The number of carbonyl (C=O) groups is 1. The number of carbonyl (C=O) groups excluding carboxylic acids is 1. The zero-order valence-electron chi connectivity index (χ0n) is 6.76. The molecule has 1 saturated carbocycles. The average molecular weight is 153 g/mol. The number of hydrogen-bond donors (Lipinski definition) is 0. The van der Waals surface area contributed by atoms with Gasteiger partial charge in [0.05, 0.1) is 12.7 Å². The number of esters is 1. The third-order valence-corrected chi connectivity index (χ3v) is 2.15. The van der Waals surface area contributed by atoms with E-state index in [-0.39, 0.29) is 11.9 Å². The van der Waals surface area contributed by atoms with Crippen LogP contribution in [0, 0.1) is 22.7 Å². The van der Waals surface area contributed by atoms with Crippen LogP contribution in [0.1, 0.15) is 20.3 Å². The van der Waals surface area contributed by atoms with Crippen molar-refractivity contribution in [3.05, 3.63) is 0 Å². The van der Waals surface area contributed by atoms with Crippen LogP contribution in [-0.4, -0.2) is 12.6 Å². The summed E-state index contributed by atoms with van der Waals surface area (Å²) >= 11 is 0. The molecule has 0 N–H and O–H groups in total. The number of nitriles is 1. The lowest BCUT2D eigenvalue weighted by atomic mass is 10.1. The van der Waals surface area contributed by atoms with Gasteiger partial charge >= 0.3 is 5.97 Å². The highest BCUT2D eigenvalue weighted by molar-refractivity contribution is 5.83. The Morgan fingerprint density at radius 3 is 2.73 bits per heavy atom. The molecule has 1 rings (SSSR count). The van der Waals surface area contributed by atoms with Crippen LogP contribution in [-0.2, 0) is 9.53 Å². The largest absolute Gasteiger partial charge is 0.465 e. The molecule has 60 valence electrons. The fourth-order valence-corrected chi connectivity index (χ4v) is 1.17. The smallest absolute Gasteiger partial charge is 0.326 e. The number of rotatable bonds is 2. The molecule has 0 radical (unpaired) electrons. The van der Waals surface area contributed by atoms with E-state index in [0.29, 0.717) is 13.0 Å². The molecule has 0 aliphatic heterocycles. The lowest BCUT2D eigenvalue weighted by molar-refractivity contribution is -0.147. The molecule has 0 amide bonds. The molecule has 1 fully saturated rings. The molecule has 0 aromatic carbocycles. The van der Waals surface area contributed by atoms with E-state index in [1.165, 1.54) is 0 Å². The second kappa shape index (κ2) is 2.54. The van der Waals surface area contributed by atoms with Gasteiger partial charge in [-0.1, -0.05) is 6.92 Å². The van der Waals surface area contributed by atoms with Crippen LogP contribution in [0.5, 0.6) is 0 Å². The second-order valence-electron chi connectivity index (χ2n) is 2.91. The molecule has 1 aliphatic rings. The molecular formula is C8H11NO2. The summed E-state index contributed by atoms with van der Waals surface area (Å²) in [7, 11) is 0. The molecule has 2 atom stereocenters. The Morgan fingerprint density at radius 2 is 2.45 bits per heavy atom. The minimum Gasteiger partial charge on any atom is -0.465 e. The summed E-state index contributed by atoms with van der Waals surface area (Å²) in [6.45, 7) is 3.99. The summed E-state index contributed by atoms with van der Waals surface area (Å²) in [5, 5.41) is 8.67. The van der Waals surface area contributed by atoms with Crippen molar-refractivity contribution in [3.63, 3.8) is 0 Å². The quantitative estimate of drug-likeness (QED) is 0.558. The molecule has 11 heavy (non-hydrogen) atoms. The summed E-state index contributed by atoms with van der Waals surface area (Å²) in [5.41, 5.74) is -0.796. The first-order valence-corrected chi connectivity index (χ1v) is 3.76. The first kappa shape index (κ1) is 8.06. The van der Waals surface area contributed by atoms with Gasteiger partial charge in [0.2, 0.25) is 0 Å². The predicted octanol–water partition coefficient (Wildman–Crippen LogP) is 1.10. The average Bonchev–Trinajstić information content (AvgIpc) is 2.63. The van der Waals surface area contributed by atoms with Crippen molar-refractivity contribution in [2.45, 2.75) is 20.3 Å². The highest BCUT2D eigenvalue weighted by atomic mass is 16.5. The molecule has 0 unspecified atom stereocenters. The van der Waals surface area contributed by atoms with Crippen molar-refractivity contribution in [3.8, 4) is 6.07 Å². The molecule has 0 aromatic heterocycles. The third-order valence-electron chi connectivity index (χ3n) is 2.15. The van der Waals surface area contributed by atoms with Crippen LogP contribution in [0.3, 0.4) is 0 Å². The lowest BCUT2D eigenvalue weighted by Crippen LogP contribution is -2.18. The maximum Gasteiger partial charge on any atom is 0.326 e. The van der Waals surface area contributed by atoms with Gasteiger partial charge in [-0.15, -0.1) is 0 Å². The van der Waals surface area contributed by atoms with E-state index in [9.17, 15) is 4.79 Å². The van der Waals surface area contributed by atoms with Crippen LogP contribution >= 0.6 is 0 Å². The minimum atomic E-state index is -0.796. The highest BCUT2D eigenvalue weighted by Gasteiger charge is 2.59. The van der Waals surface area contributed by atoms with E-state index in [1.54, 1.807) is 6.92 Å². The van der Waals surface area contributed by atoms with Gasteiger partial charge in [-0.3, -0.25) is 4.79 Å². The molecule has 3 nitrogen and oxygen atoms in total. The molecule has 1 aliphatic carbocycles. The first-order valence-electron chi connectivity index (χ1n) is 3.76. The van der Waals surface area contributed by atoms with Crippen LogP contribution < -0.4 is 0 Å². The van der Waals surface area contributed by atoms with Gasteiger partial charge < -0.3 is 4.74 Å². The molecule has 3 heteroatoms. The fraction of sp³-hybridized carbons (Fsp3) is 0.750. The van der Waals surface area contributed by atoms with Gasteiger partial charge in [-0.2, -0.15) is 5.26 Å². The van der Waals surface area contributed by atoms with Crippen LogP contribution in [0.25, 0.3) is 0 Å². The van der Waals surface area contributed by atoms with Crippen molar-refractivity contribution < 1.29 is 9.53 Å². The van der Waals surface area contributed by atoms with Gasteiger partial charge in [-0.05, 0) is 19.3 Å². The fourth-order valence-electron chi connectivity index (χ4n) is 1.17. The Labute approximate surface area is 66.0 Å². The Bertz CT molecular complexity index is 219. The Morgan fingerprint density at radius 1 is 1.91 bits per heavy atom. The molecule has 0 saturated heterocycles. The zero-order valence-corrected chi connectivity index (χ0v) is 6.76. The van der Waals surface area contributed by atoms with Gasteiger partial charge in [0.15, 0.2) is 5.41 Å². The topological polar surface area (TPSA) is 50.1 Å². The van der Waals surface area contributed by atoms with Crippen molar-refractivity contribution in [2.75, 3.05) is 6.61 Å². The molecular weight excluding hydrogens is 142 g/mol. The van der Waals surface area contributed by atoms with Crippen molar-refractivity contribution in [2.24, 2.45) is 11.3 Å². The summed E-state index contributed by atoms with van der Waals surface area (Å²) in [6, 6.07) is 2.01. The third kappa shape index (κ3) is 1.09. The Hall–Kier alpha value is -1.04. The van der Waals surface area contributed by atoms with E-state index in [1.807, 2.05) is 13.0 Å². The number of hydrogen-bond acceptors (Lipinski definition) is 3. The van der Waals surface area contributed by atoms with Crippen molar-refractivity contribution in [1.29, 1.82) is 5.26 Å². The van der Waals surface area contributed by atoms with Crippen LogP contribution in [0.15, 0.2) is 0 Å². The van der Waals surface area contributed by atoms with Gasteiger partial charge in [-0.25, -0.2) is 0 Å². The normalized spacial score (nSPS) is 34.1. The summed E-state index contributed by atoms with van der Waals surface area (Å²) < 4.78 is 4.77. The number of nitrogens with zero attached hydrogens (tertiary/aromatic N) is 1. The zero-order chi connectivity index (χ0) is 8.48. The monoisotopic (exact) mass is 153 g/mol. The molecule has 0 bridgehead atoms. The SMILES string of the molecule is CCOC(=O)[C@]1(C#N)C[C@H]1C. The molecule has 0 spiro atoms. The van der Waals surface area contributed by atoms with E-state index < -0.39 is 5.41 Å². The molecule has 0 aromatic rings. The molecule has 0 heterocycles. The summed E-state index contributed by atoms with van der Waals surface area (Å²) in [4.78, 5) is 11.1. The first-order chi connectivity index (χ1) is 5.17. The van der Waals surface area contributed by atoms with Gasteiger partial charge in [0.25, 0.3) is 0 Å².